The van der Waals surface area contributed by atoms with Gasteiger partial charge in [-0.05, 0) is 47.9 Å². The number of imidazole rings is 1. The number of benzene rings is 2. The van der Waals surface area contributed by atoms with Gasteiger partial charge in [0, 0.05) is 37.6 Å². The molecule has 1 amide bonds. The number of sulfonamides is 1. The first-order valence-electron chi connectivity index (χ1n) is 9.96. The van der Waals surface area contributed by atoms with Gasteiger partial charge in [0.2, 0.25) is 15.9 Å². The molecule has 4 rings (SSSR count). The lowest BCUT2D eigenvalue weighted by Crippen LogP contribution is -2.31. The van der Waals surface area contributed by atoms with E-state index in [-0.39, 0.29) is 10.8 Å². The number of methoxy groups -OCH3 is 2. The van der Waals surface area contributed by atoms with Gasteiger partial charge in [0.1, 0.15) is 23.4 Å². The second-order valence-corrected chi connectivity index (χ2v) is 9.18. The van der Waals surface area contributed by atoms with Crippen molar-refractivity contribution in [3.63, 3.8) is 0 Å². The molecule has 10 heteroatoms. The number of hydrogen-bond acceptors (Lipinski definition) is 6. The van der Waals surface area contributed by atoms with Crippen LogP contribution < -0.4 is 19.5 Å². The lowest BCUT2D eigenvalue weighted by molar-refractivity contribution is -0.116. The van der Waals surface area contributed by atoms with E-state index < -0.39 is 16.1 Å². The zero-order valence-electron chi connectivity index (χ0n) is 18.0. The smallest absolute Gasteiger partial charge is 0.241 e. The molecule has 1 atom stereocenters. The Balaban J connectivity index is 1.75. The van der Waals surface area contributed by atoms with Crippen molar-refractivity contribution in [2.75, 3.05) is 19.5 Å². The number of rotatable bonds is 7. The Kier molecular flexibility index (Phi) is 5.90. The van der Waals surface area contributed by atoms with Crippen LogP contribution in [-0.4, -0.2) is 38.1 Å². The van der Waals surface area contributed by atoms with E-state index in [4.69, 9.17) is 9.47 Å². The quantitative estimate of drug-likeness (QED) is 0.565. The van der Waals surface area contributed by atoms with Gasteiger partial charge in [-0.25, -0.2) is 13.4 Å². The van der Waals surface area contributed by atoms with E-state index in [2.05, 4.69) is 15.0 Å². The lowest BCUT2D eigenvalue weighted by Gasteiger charge is -2.22. The van der Waals surface area contributed by atoms with Crippen LogP contribution in [-0.2, 0) is 28.3 Å². The van der Waals surface area contributed by atoms with Gasteiger partial charge in [-0.3, -0.25) is 4.79 Å². The van der Waals surface area contributed by atoms with Crippen LogP contribution in [0.25, 0.3) is 0 Å². The first-order valence-corrected chi connectivity index (χ1v) is 11.4. The summed E-state index contributed by atoms with van der Waals surface area (Å²) in [5.74, 6) is 1.49. The number of fused-ring (bicyclic) bond motifs is 1. The molecule has 0 saturated heterocycles. The Morgan fingerprint density at radius 3 is 2.44 bits per heavy atom. The number of nitrogens with zero attached hydrogens (tertiary/aromatic N) is 2. The fourth-order valence-electron chi connectivity index (χ4n) is 3.67. The number of carbonyl (C=O) groups excluding carboxylic acids is 1. The summed E-state index contributed by atoms with van der Waals surface area (Å²) in [6.45, 7) is 0. The predicted octanol–water partition coefficient (Wildman–Crippen LogP) is 2.39. The molecule has 0 spiro atoms. The standard InChI is InChI=1S/C22H24N4O5S/c1-26-9-8-23-22(26)21(15-10-16(30-2)13-17(11-15)31-3)25-32(28,29)18-5-6-19-14(12-18)4-7-20(27)24-19/h5-6,8-13,21,25H,4,7H2,1-3H3,(H,24,27). The number of ether oxygens (including phenoxy) is 2. The van der Waals surface area contributed by atoms with Crippen molar-refractivity contribution in [1.82, 2.24) is 14.3 Å². The molecule has 168 valence electrons. The van der Waals surface area contributed by atoms with Gasteiger partial charge < -0.3 is 19.4 Å². The van der Waals surface area contributed by atoms with Crippen LogP contribution in [0.1, 0.15) is 29.4 Å². The van der Waals surface area contributed by atoms with E-state index in [1.807, 2.05) is 0 Å². The summed E-state index contributed by atoms with van der Waals surface area (Å²) in [6, 6.07) is 9.10. The van der Waals surface area contributed by atoms with Crippen molar-refractivity contribution in [3.8, 4) is 11.5 Å². The third-order valence-corrected chi connectivity index (χ3v) is 6.80. The first kappa shape index (κ1) is 21.8. The number of hydrogen-bond donors (Lipinski definition) is 2. The second kappa shape index (κ2) is 8.64. The van der Waals surface area contributed by atoms with E-state index in [9.17, 15) is 13.2 Å². The molecule has 2 aromatic carbocycles. The minimum atomic E-state index is -3.93. The summed E-state index contributed by atoms with van der Waals surface area (Å²) in [5.41, 5.74) is 2.03. The topological polar surface area (TPSA) is 112 Å². The van der Waals surface area contributed by atoms with Gasteiger partial charge in [0.05, 0.1) is 19.1 Å². The highest BCUT2D eigenvalue weighted by molar-refractivity contribution is 7.89. The summed E-state index contributed by atoms with van der Waals surface area (Å²) in [6.07, 6.45) is 4.16. The van der Waals surface area contributed by atoms with Crippen LogP contribution in [0.3, 0.4) is 0 Å². The second-order valence-electron chi connectivity index (χ2n) is 7.46. The molecule has 32 heavy (non-hydrogen) atoms. The number of nitrogens with one attached hydrogen (secondary N) is 2. The highest BCUT2D eigenvalue weighted by Gasteiger charge is 2.28. The van der Waals surface area contributed by atoms with E-state index in [0.29, 0.717) is 41.4 Å². The Bertz CT molecular complexity index is 1250. The van der Waals surface area contributed by atoms with Gasteiger partial charge in [-0.15, -0.1) is 0 Å². The molecule has 3 aromatic rings. The molecule has 2 N–H and O–H groups in total. The zero-order chi connectivity index (χ0) is 22.9. The van der Waals surface area contributed by atoms with E-state index in [1.165, 1.54) is 20.3 Å². The van der Waals surface area contributed by atoms with Crippen LogP contribution in [0.2, 0.25) is 0 Å². The third kappa shape index (κ3) is 4.32. The van der Waals surface area contributed by atoms with Gasteiger partial charge in [0.15, 0.2) is 0 Å². The number of aryl methyl sites for hydroxylation is 2. The molecule has 0 saturated carbocycles. The molecule has 9 nitrogen and oxygen atoms in total. The molecule has 0 radical (unpaired) electrons. The monoisotopic (exact) mass is 456 g/mol. The number of aromatic nitrogens is 2. The fourth-order valence-corrected chi connectivity index (χ4v) is 4.90. The molecule has 1 aliphatic heterocycles. The van der Waals surface area contributed by atoms with Crippen LogP contribution in [0, 0.1) is 0 Å². The number of amides is 1. The van der Waals surface area contributed by atoms with Gasteiger partial charge in [-0.2, -0.15) is 4.72 Å². The van der Waals surface area contributed by atoms with Crippen molar-refractivity contribution >= 4 is 21.6 Å². The average molecular weight is 457 g/mol. The maximum Gasteiger partial charge on any atom is 0.241 e. The van der Waals surface area contributed by atoms with Gasteiger partial charge in [0.25, 0.3) is 0 Å². The maximum absolute atomic E-state index is 13.4. The van der Waals surface area contributed by atoms with Gasteiger partial charge in [-0.1, -0.05) is 0 Å². The van der Waals surface area contributed by atoms with Crippen molar-refractivity contribution in [3.05, 3.63) is 65.7 Å². The summed E-state index contributed by atoms with van der Waals surface area (Å²) < 4.78 is 42.0. The predicted molar refractivity (Wildman–Crippen MR) is 118 cm³/mol. The lowest BCUT2D eigenvalue weighted by atomic mass is 10.0. The normalized spacial score (nSPS) is 14.4. The highest BCUT2D eigenvalue weighted by atomic mass is 32.2. The van der Waals surface area contributed by atoms with E-state index in [0.717, 1.165) is 5.56 Å². The molecular weight excluding hydrogens is 432 g/mol. The minimum absolute atomic E-state index is 0.0759. The summed E-state index contributed by atoms with van der Waals surface area (Å²) in [4.78, 5) is 16.1. The van der Waals surface area contributed by atoms with Gasteiger partial charge >= 0.3 is 0 Å². The van der Waals surface area contributed by atoms with Crippen LogP contribution in [0.15, 0.2) is 53.7 Å². The van der Waals surface area contributed by atoms with Crippen LogP contribution >= 0.6 is 0 Å². The van der Waals surface area contributed by atoms with Crippen LogP contribution in [0.4, 0.5) is 5.69 Å². The van der Waals surface area contributed by atoms with E-state index >= 15 is 0 Å². The van der Waals surface area contributed by atoms with E-state index in [1.54, 1.807) is 54.3 Å². The van der Waals surface area contributed by atoms with Crippen molar-refractivity contribution < 1.29 is 22.7 Å². The van der Waals surface area contributed by atoms with Crippen molar-refractivity contribution in [1.29, 1.82) is 0 Å². The van der Waals surface area contributed by atoms with Crippen molar-refractivity contribution in [2.24, 2.45) is 7.05 Å². The largest absolute Gasteiger partial charge is 0.497 e. The molecule has 2 heterocycles. The molecule has 0 fully saturated rings. The Morgan fingerprint density at radius 1 is 1.09 bits per heavy atom. The zero-order valence-corrected chi connectivity index (χ0v) is 18.8. The molecule has 0 bridgehead atoms. The fraction of sp³-hybridized carbons (Fsp3) is 0.273. The maximum atomic E-state index is 13.4. The average Bonchev–Trinajstić information content (AvgIpc) is 3.22. The first-order chi connectivity index (χ1) is 15.3. The molecular formula is C22H24N4O5S. The highest BCUT2D eigenvalue weighted by Crippen LogP contribution is 2.31. The summed E-state index contributed by atoms with van der Waals surface area (Å²) >= 11 is 0. The molecule has 1 aliphatic rings. The summed E-state index contributed by atoms with van der Waals surface area (Å²) in [5, 5.41) is 2.77. The number of carbonyl (C=O) groups is 1. The summed E-state index contributed by atoms with van der Waals surface area (Å²) in [7, 11) is 0.924. The Morgan fingerprint density at radius 2 is 1.81 bits per heavy atom. The van der Waals surface area contributed by atoms with Crippen LogP contribution in [0.5, 0.6) is 11.5 Å². The SMILES string of the molecule is COc1cc(OC)cc(C(NS(=O)(=O)c2ccc3c(c2)CCC(=O)N3)c2nccn2C)c1. The third-order valence-electron chi connectivity index (χ3n) is 5.38. The molecule has 0 aliphatic carbocycles. The Labute approximate surface area is 186 Å². The minimum Gasteiger partial charge on any atom is -0.497 e. The number of anilines is 1. The Hall–Kier alpha value is -3.37. The molecule has 1 unspecified atom stereocenters. The molecule has 1 aromatic heterocycles. The van der Waals surface area contributed by atoms with Crippen molar-refractivity contribution in [2.45, 2.75) is 23.8 Å².